The Bertz CT molecular complexity index is 2010. The molecule has 3 aromatic heterocycles. The Kier molecular flexibility index (Phi) is 8.84. The number of amides is 1. The van der Waals surface area contributed by atoms with Gasteiger partial charge in [-0.3, -0.25) is 19.8 Å². The molecule has 1 fully saturated rings. The van der Waals surface area contributed by atoms with Crippen LogP contribution in [0.4, 0.5) is 17.2 Å². The molecule has 0 spiro atoms. The van der Waals surface area contributed by atoms with Crippen molar-refractivity contribution < 1.29 is 19.0 Å². The van der Waals surface area contributed by atoms with Crippen LogP contribution in [0.3, 0.4) is 0 Å². The van der Waals surface area contributed by atoms with Crippen molar-refractivity contribution in [3.05, 3.63) is 90.9 Å². The highest BCUT2D eigenvalue weighted by Crippen LogP contribution is 2.37. The third kappa shape index (κ3) is 6.98. The second kappa shape index (κ2) is 13.8. The predicted molar refractivity (Wildman–Crippen MR) is 180 cm³/mol. The van der Waals surface area contributed by atoms with Crippen molar-refractivity contribution in [2.75, 3.05) is 57.2 Å². The van der Waals surface area contributed by atoms with Crippen LogP contribution in [0.25, 0.3) is 33.2 Å². The van der Waals surface area contributed by atoms with Gasteiger partial charge in [-0.25, -0.2) is 9.97 Å². The molecule has 4 heterocycles. The van der Waals surface area contributed by atoms with E-state index in [4.69, 9.17) is 24.2 Å². The molecule has 3 aromatic carbocycles. The number of aromatic amines is 1. The van der Waals surface area contributed by atoms with Crippen molar-refractivity contribution in [3.8, 4) is 22.9 Å². The maximum atomic E-state index is 12.8. The van der Waals surface area contributed by atoms with Crippen molar-refractivity contribution in [3.63, 3.8) is 0 Å². The van der Waals surface area contributed by atoms with Gasteiger partial charge in [0.2, 0.25) is 0 Å². The summed E-state index contributed by atoms with van der Waals surface area (Å²) in [5, 5.41) is 15.3. The molecular weight excluding hydrogens is 596 g/mol. The molecule has 12 nitrogen and oxygen atoms in total. The number of rotatable bonds is 11. The van der Waals surface area contributed by atoms with Gasteiger partial charge in [-0.2, -0.15) is 5.10 Å². The lowest BCUT2D eigenvalue weighted by atomic mass is 10.1. The number of aromatic nitrogens is 5. The number of anilines is 3. The Morgan fingerprint density at radius 1 is 0.979 bits per heavy atom. The van der Waals surface area contributed by atoms with Crippen molar-refractivity contribution in [1.29, 1.82) is 0 Å². The number of benzene rings is 3. The van der Waals surface area contributed by atoms with Crippen molar-refractivity contribution in [1.82, 2.24) is 30.0 Å². The fraction of sp³-hybridized carbons (Fsp3) is 0.229. The third-order valence-electron chi connectivity index (χ3n) is 7.97. The standard InChI is InChI=1S/C35H34N8O4/c1-45-31-20-30-28(19-32(31)47-14-4-11-43-12-15-46-16-13-43)34(38-27-8-9-29-25(18-27)22-37-42-29)41-33(40-30)23-5-2-7-26(17-23)39-35(44)24-6-3-10-36-21-24/h2-3,5-10,17-22H,4,11-16H2,1H3,(H,37,42)(H,39,44)(H,38,40,41). The van der Waals surface area contributed by atoms with Gasteiger partial charge in [-0.15, -0.1) is 0 Å². The van der Waals surface area contributed by atoms with E-state index in [1.807, 2.05) is 54.6 Å². The first kappa shape index (κ1) is 30.1. The summed E-state index contributed by atoms with van der Waals surface area (Å²) in [6.07, 6.45) is 5.81. The summed E-state index contributed by atoms with van der Waals surface area (Å²) in [7, 11) is 1.62. The highest BCUT2D eigenvalue weighted by Gasteiger charge is 2.17. The molecule has 0 saturated carbocycles. The van der Waals surface area contributed by atoms with Gasteiger partial charge in [-0.05, 0) is 55.0 Å². The minimum Gasteiger partial charge on any atom is -0.493 e. The van der Waals surface area contributed by atoms with Crippen LogP contribution in [0.1, 0.15) is 16.8 Å². The van der Waals surface area contributed by atoms with Crippen LogP contribution in [-0.4, -0.2) is 82.5 Å². The number of methoxy groups -OCH3 is 1. The SMILES string of the molecule is COc1cc2nc(-c3cccc(NC(=O)c4cccnc4)c3)nc(Nc3ccc4[nH]ncc4c3)c2cc1OCCCN1CCOCC1. The molecule has 0 atom stereocenters. The van der Waals surface area contributed by atoms with E-state index in [2.05, 4.69) is 30.7 Å². The number of carbonyl (C=O) groups excluding carboxylic acids is 1. The summed E-state index contributed by atoms with van der Waals surface area (Å²) < 4.78 is 17.5. The van der Waals surface area contributed by atoms with Crippen molar-refractivity contribution in [2.24, 2.45) is 0 Å². The van der Waals surface area contributed by atoms with Gasteiger partial charge in [0, 0.05) is 65.8 Å². The topological polar surface area (TPSA) is 139 Å². The molecule has 47 heavy (non-hydrogen) atoms. The number of nitrogens with one attached hydrogen (secondary N) is 3. The summed E-state index contributed by atoms with van der Waals surface area (Å²) >= 11 is 0. The van der Waals surface area contributed by atoms with Gasteiger partial charge in [0.1, 0.15) is 5.82 Å². The molecule has 0 bridgehead atoms. The average Bonchev–Trinajstić information content (AvgIpc) is 3.59. The highest BCUT2D eigenvalue weighted by atomic mass is 16.5. The van der Waals surface area contributed by atoms with Gasteiger partial charge in [0.05, 0.1) is 49.7 Å². The monoisotopic (exact) mass is 630 g/mol. The molecule has 1 aliphatic heterocycles. The number of fused-ring (bicyclic) bond motifs is 2. The molecule has 7 rings (SSSR count). The number of H-pyrrole nitrogens is 1. The molecular formula is C35H34N8O4. The number of hydrogen-bond acceptors (Lipinski definition) is 10. The van der Waals surface area contributed by atoms with Gasteiger partial charge in [-0.1, -0.05) is 12.1 Å². The van der Waals surface area contributed by atoms with Gasteiger partial charge < -0.3 is 24.8 Å². The molecule has 0 aliphatic carbocycles. The smallest absolute Gasteiger partial charge is 0.257 e. The maximum absolute atomic E-state index is 12.8. The van der Waals surface area contributed by atoms with Crippen LogP contribution >= 0.6 is 0 Å². The molecule has 1 saturated heterocycles. The number of hydrogen-bond donors (Lipinski definition) is 3. The van der Waals surface area contributed by atoms with Crippen LogP contribution in [0.15, 0.2) is 85.3 Å². The second-order valence-corrected chi connectivity index (χ2v) is 11.1. The van der Waals surface area contributed by atoms with E-state index in [0.29, 0.717) is 46.5 Å². The van der Waals surface area contributed by atoms with Crippen molar-refractivity contribution >= 4 is 44.9 Å². The summed E-state index contributed by atoms with van der Waals surface area (Å²) in [6, 6.07) is 20.6. The number of pyridine rings is 1. The minimum absolute atomic E-state index is 0.256. The van der Waals surface area contributed by atoms with Gasteiger partial charge in [0.25, 0.3) is 5.91 Å². The van der Waals surface area contributed by atoms with E-state index in [1.165, 1.54) is 6.20 Å². The van der Waals surface area contributed by atoms with E-state index >= 15 is 0 Å². The summed E-state index contributed by atoms with van der Waals surface area (Å²) in [6.45, 7) is 4.91. The zero-order chi connectivity index (χ0) is 32.0. The molecule has 0 radical (unpaired) electrons. The number of carbonyl (C=O) groups is 1. The van der Waals surface area contributed by atoms with Crippen LogP contribution in [-0.2, 0) is 4.74 Å². The lowest BCUT2D eigenvalue weighted by molar-refractivity contribution is 0.0357. The lowest BCUT2D eigenvalue weighted by Crippen LogP contribution is -2.37. The summed E-state index contributed by atoms with van der Waals surface area (Å²) in [5.74, 6) is 2.01. The fourth-order valence-corrected chi connectivity index (χ4v) is 5.52. The first-order valence-corrected chi connectivity index (χ1v) is 15.5. The Labute approximate surface area is 271 Å². The highest BCUT2D eigenvalue weighted by molar-refractivity contribution is 6.04. The maximum Gasteiger partial charge on any atom is 0.257 e. The predicted octanol–water partition coefficient (Wildman–Crippen LogP) is 5.67. The van der Waals surface area contributed by atoms with Crippen LogP contribution in [0, 0.1) is 0 Å². The summed E-state index contributed by atoms with van der Waals surface area (Å²) in [5.41, 5.74) is 4.25. The van der Waals surface area contributed by atoms with Crippen LogP contribution in [0.5, 0.6) is 11.5 Å². The largest absolute Gasteiger partial charge is 0.493 e. The van der Waals surface area contributed by atoms with Crippen molar-refractivity contribution in [2.45, 2.75) is 6.42 Å². The fourth-order valence-electron chi connectivity index (χ4n) is 5.52. The second-order valence-electron chi connectivity index (χ2n) is 11.1. The molecule has 12 heteroatoms. The zero-order valence-electron chi connectivity index (χ0n) is 25.9. The zero-order valence-corrected chi connectivity index (χ0v) is 25.9. The molecule has 238 valence electrons. The van der Waals surface area contributed by atoms with E-state index < -0.39 is 0 Å². The molecule has 0 unspecified atom stereocenters. The van der Waals surface area contributed by atoms with E-state index in [-0.39, 0.29) is 5.91 Å². The Morgan fingerprint density at radius 2 is 1.89 bits per heavy atom. The number of ether oxygens (including phenoxy) is 3. The minimum atomic E-state index is -0.256. The quantitative estimate of drug-likeness (QED) is 0.153. The Hall–Kier alpha value is -5.59. The number of nitrogens with zero attached hydrogens (tertiary/aromatic N) is 5. The molecule has 1 aliphatic rings. The van der Waals surface area contributed by atoms with E-state index in [9.17, 15) is 4.79 Å². The van der Waals surface area contributed by atoms with Crippen LogP contribution < -0.4 is 20.1 Å². The Balaban J connectivity index is 1.21. The van der Waals surface area contributed by atoms with Gasteiger partial charge in [0.15, 0.2) is 17.3 Å². The first-order chi connectivity index (χ1) is 23.1. The first-order valence-electron chi connectivity index (χ1n) is 15.5. The summed E-state index contributed by atoms with van der Waals surface area (Å²) in [4.78, 5) is 29.2. The van der Waals surface area contributed by atoms with E-state index in [1.54, 1.807) is 31.6 Å². The average molecular weight is 631 g/mol. The molecule has 3 N–H and O–H groups in total. The molecule has 1 amide bonds. The molecule has 6 aromatic rings. The normalized spacial score (nSPS) is 13.5. The van der Waals surface area contributed by atoms with Gasteiger partial charge >= 0.3 is 0 Å². The Morgan fingerprint density at radius 3 is 2.74 bits per heavy atom. The van der Waals surface area contributed by atoms with E-state index in [0.717, 1.165) is 66.8 Å². The van der Waals surface area contributed by atoms with Crippen LogP contribution in [0.2, 0.25) is 0 Å². The number of morpholine rings is 1. The lowest BCUT2D eigenvalue weighted by Gasteiger charge is -2.26. The third-order valence-corrected chi connectivity index (χ3v) is 7.97.